The van der Waals surface area contributed by atoms with Crippen LogP contribution in [-0.4, -0.2) is 42.2 Å². The van der Waals surface area contributed by atoms with Crippen molar-refractivity contribution < 1.29 is 23.8 Å². The fourth-order valence-electron chi connectivity index (χ4n) is 2.40. The Labute approximate surface area is 121 Å². The van der Waals surface area contributed by atoms with Crippen molar-refractivity contribution in [1.82, 2.24) is 4.90 Å². The van der Waals surface area contributed by atoms with Gasteiger partial charge in [0.15, 0.2) is 11.6 Å². The lowest BCUT2D eigenvalue weighted by atomic mass is 9.99. The van der Waals surface area contributed by atoms with Gasteiger partial charge in [-0.1, -0.05) is 6.92 Å². The lowest BCUT2D eigenvalue weighted by Gasteiger charge is -2.17. The van der Waals surface area contributed by atoms with E-state index in [1.54, 1.807) is 6.92 Å². The van der Waals surface area contributed by atoms with Gasteiger partial charge in [0.2, 0.25) is 0 Å². The number of halogens is 1. The minimum absolute atomic E-state index is 0.0914. The van der Waals surface area contributed by atoms with Crippen LogP contribution in [0.25, 0.3) is 0 Å². The molecule has 21 heavy (non-hydrogen) atoms. The number of carboxylic acids is 1. The van der Waals surface area contributed by atoms with E-state index in [1.165, 1.54) is 24.1 Å². The van der Waals surface area contributed by atoms with Crippen molar-refractivity contribution in [2.45, 2.75) is 6.92 Å². The van der Waals surface area contributed by atoms with E-state index in [0.717, 1.165) is 6.07 Å². The highest BCUT2D eigenvalue weighted by molar-refractivity contribution is 5.90. The molecular weight excluding hydrogens is 279 g/mol. The predicted molar refractivity (Wildman–Crippen MR) is 73.8 cm³/mol. The molecule has 1 aliphatic rings. The first kappa shape index (κ1) is 15.1. The van der Waals surface area contributed by atoms with E-state index in [0.29, 0.717) is 12.2 Å². The summed E-state index contributed by atoms with van der Waals surface area (Å²) in [7, 11) is 1.36. The first-order chi connectivity index (χ1) is 9.92. The second-order valence-electron chi connectivity index (χ2n) is 5.11. The number of rotatable bonds is 3. The molecule has 6 nitrogen and oxygen atoms in total. The predicted octanol–water partition coefficient (Wildman–Crippen LogP) is 2.02. The van der Waals surface area contributed by atoms with Crippen LogP contribution in [0.2, 0.25) is 0 Å². The summed E-state index contributed by atoms with van der Waals surface area (Å²) in [5.74, 6) is -2.07. The zero-order chi connectivity index (χ0) is 15.6. The number of nitrogens with one attached hydrogen (secondary N) is 1. The van der Waals surface area contributed by atoms with Crippen molar-refractivity contribution in [3.63, 3.8) is 0 Å². The summed E-state index contributed by atoms with van der Waals surface area (Å²) in [5.41, 5.74) is 0.296. The van der Waals surface area contributed by atoms with Gasteiger partial charge in [-0.15, -0.1) is 0 Å². The van der Waals surface area contributed by atoms with Gasteiger partial charge in [-0.3, -0.25) is 4.79 Å². The highest BCUT2D eigenvalue weighted by atomic mass is 19.1. The Kier molecular flexibility index (Phi) is 4.30. The third kappa shape index (κ3) is 3.24. The van der Waals surface area contributed by atoms with Crippen LogP contribution < -0.4 is 10.1 Å². The number of anilines is 1. The van der Waals surface area contributed by atoms with Crippen molar-refractivity contribution in [1.29, 1.82) is 0 Å². The van der Waals surface area contributed by atoms with Crippen molar-refractivity contribution in [2.75, 3.05) is 25.5 Å². The van der Waals surface area contributed by atoms with Gasteiger partial charge in [0.25, 0.3) is 0 Å². The number of benzene rings is 1. The third-order valence-corrected chi connectivity index (χ3v) is 3.62. The number of aliphatic carboxylic acids is 1. The summed E-state index contributed by atoms with van der Waals surface area (Å²) < 4.78 is 18.3. The number of likely N-dealkylation sites (tertiary alicyclic amines) is 1. The molecule has 2 N–H and O–H groups in total. The Morgan fingerprint density at radius 2 is 2.14 bits per heavy atom. The second-order valence-corrected chi connectivity index (χ2v) is 5.11. The molecule has 2 rings (SSSR count). The molecule has 2 atom stereocenters. The number of carbonyl (C=O) groups is 2. The molecule has 0 bridgehead atoms. The zero-order valence-electron chi connectivity index (χ0n) is 11.8. The summed E-state index contributed by atoms with van der Waals surface area (Å²) in [6.07, 6.45) is 0. The number of amides is 2. The highest BCUT2D eigenvalue weighted by Gasteiger charge is 2.36. The molecule has 0 aromatic heterocycles. The van der Waals surface area contributed by atoms with Crippen molar-refractivity contribution in [3.8, 4) is 5.75 Å². The standard InChI is InChI=1S/C14H17FN2O4/c1-8-6-17(7-10(8)13(18)19)14(20)16-9-3-4-12(21-2)11(15)5-9/h3-5,8,10H,6-7H2,1-2H3,(H,16,20)(H,18,19). The molecule has 1 fully saturated rings. The smallest absolute Gasteiger partial charge is 0.321 e. The number of carbonyl (C=O) groups excluding carboxylic acids is 1. The maximum Gasteiger partial charge on any atom is 0.321 e. The summed E-state index contributed by atoms with van der Waals surface area (Å²) in [6.45, 7) is 2.31. The first-order valence-corrected chi connectivity index (χ1v) is 6.54. The Hall–Kier alpha value is -2.31. The average Bonchev–Trinajstić information content (AvgIpc) is 2.81. The Balaban J connectivity index is 2.02. The van der Waals surface area contributed by atoms with Crippen LogP contribution in [0.15, 0.2) is 18.2 Å². The van der Waals surface area contributed by atoms with Gasteiger partial charge >= 0.3 is 12.0 Å². The molecule has 1 aliphatic heterocycles. The lowest BCUT2D eigenvalue weighted by Crippen LogP contribution is -2.33. The van der Waals surface area contributed by atoms with Gasteiger partial charge in [0.05, 0.1) is 13.0 Å². The highest BCUT2D eigenvalue weighted by Crippen LogP contribution is 2.25. The van der Waals surface area contributed by atoms with Crippen LogP contribution in [0.5, 0.6) is 5.75 Å². The monoisotopic (exact) mass is 296 g/mol. The van der Waals surface area contributed by atoms with E-state index >= 15 is 0 Å². The maximum atomic E-state index is 13.5. The molecule has 114 valence electrons. The molecule has 2 unspecified atom stereocenters. The fraction of sp³-hybridized carbons (Fsp3) is 0.429. The number of ether oxygens (including phenoxy) is 1. The van der Waals surface area contributed by atoms with Gasteiger partial charge < -0.3 is 20.1 Å². The van der Waals surface area contributed by atoms with Gasteiger partial charge in [-0.25, -0.2) is 9.18 Å². The number of nitrogens with zero attached hydrogens (tertiary/aromatic N) is 1. The molecule has 0 saturated carbocycles. The molecule has 1 saturated heterocycles. The average molecular weight is 296 g/mol. The van der Waals surface area contributed by atoms with Crippen molar-refractivity contribution in [2.24, 2.45) is 11.8 Å². The van der Waals surface area contributed by atoms with Gasteiger partial charge in [-0.2, -0.15) is 0 Å². The lowest BCUT2D eigenvalue weighted by molar-refractivity contribution is -0.142. The molecule has 0 aliphatic carbocycles. The Morgan fingerprint density at radius 3 is 2.67 bits per heavy atom. The number of hydrogen-bond acceptors (Lipinski definition) is 3. The van der Waals surface area contributed by atoms with E-state index in [4.69, 9.17) is 9.84 Å². The molecule has 7 heteroatoms. The Morgan fingerprint density at radius 1 is 1.43 bits per heavy atom. The molecule has 0 radical (unpaired) electrons. The van der Waals surface area contributed by atoms with Crippen LogP contribution in [0.3, 0.4) is 0 Å². The van der Waals surface area contributed by atoms with Gasteiger partial charge in [0.1, 0.15) is 0 Å². The minimum atomic E-state index is -0.909. The van der Waals surface area contributed by atoms with Crippen LogP contribution in [0, 0.1) is 17.7 Å². The summed E-state index contributed by atoms with van der Waals surface area (Å²) in [5, 5.41) is 11.6. The van der Waals surface area contributed by atoms with E-state index in [9.17, 15) is 14.0 Å². The van der Waals surface area contributed by atoms with Crippen molar-refractivity contribution in [3.05, 3.63) is 24.0 Å². The summed E-state index contributed by atoms with van der Waals surface area (Å²) in [6, 6.07) is 3.66. The van der Waals surface area contributed by atoms with Crippen LogP contribution in [0.1, 0.15) is 6.92 Å². The van der Waals surface area contributed by atoms with Crippen LogP contribution >= 0.6 is 0 Å². The maximum absolute atomic E-state index is 13.5. The molecular formula is C14H17FN2O4. The second kappa shape index (κ2) is 5.99. The zero-order valence-corrected chi connectivity index (χ0v) is 11.8. The van der Waals surface area contributed by atoms with E-state index < -0.39 is 23.7 Å². The summed E-state index contributed by atoms with van der Waals surface area (Å²) >= 11 is 0. The number of methoxy groups -OCH3 is 1. The largest absolute Gasteiger partial charge is 0.494 e. The van der Waals surface area contributed by atoms with Gasteiger partial charge in [-0.05, 0) is 18.1 Å². The minimum Gasteiger partial charge on any atom is -0.494 e. The molecule has 1 aromatic rings. The Bertz CT molecular complexity index is 564. The number of hydrogen-bond donors (Lipinski definition) is 2. The molecule has 1 heterocycles. The topological polar surface area (TPSA) is 78.9 Å². The van der Waals surface area contributed by atoms with E-state index in [2.05, 4.69) is 5.32 Å². The van der Waals surface area contributed by atoms with Gasteiger partial charge in [0, 0.05) is 24.8 Å². The SMILES string of the molecule is COc1ccc(NC(=O)N2CC(C)C(C(=O)O)C2)cc1F. The van der Waals surface area contributed by atoms with Crippen LogP contribution in [-0.2, 0) is 4.79 Å². The fourth-order valence-corrected chi connectivity index (χ4v) is 2.40. The first-order valence-electron chi connectivity index (χ1n) is 6.54. The molecule has 2 amide bonds. The molecule has 0 spiro atoms. The summed E-state index contributed by atoms with van der Waals surface area (Å²) in [4.78, 5) is 24.5. The number of urea groups is 1. The number of carboxylic acid groups (broad SMARTS) is 1. The van der Waals surface area contributed by atoms with E-state index in [1.807, 2.05) is 0 Å². The van der Waals surface area contributed by atoms with Crippen molar-refractivity contribution >= 4 is 17.7 Å². The third-order valence-electron chi connectivity index (χ3n) is 3.62. The molecule has 1 aromatic carbocycles. The van der Waals surface area contributed by atoms with Crippen LogP contribution in [0.4, 0.5) is 14.9 Å². The quantitative estimate of drug-likeness (QED) is 0.894. The van der Waals surface area contributed by atoms with E-state index in [-0.39, 0.29) is 18.2 Å². The normalized spacial score (nSPS) is 21.2.